The molecule has 1 aromatic heterocycles. The maximum absolute atomic E-state index is 11.3. The van der Waals surface area contributed by atoms with Crippen molar-refractivity contribution in [2.24, 2.45) is 0 Å². The van der Waals surface area contributed by atoms with E-state index in [-0.39, 0.29) is 18.3 Å². The van der Waals surface area contributed by atoms with Crippen LogP contribution in [0.3, 0.4) is 0 Å². The molecule has 20 heavy (non-hydrogen) atoms. The van der Waals surface area contributed by atoms with E-state index in [4.69, 9.17) is 0 Å². The Morgan fingerprint density at radius 2 is 1.95 bits per heavy atom. The van der Waals surface area contributed by atoms with Gasteiger partial charge in [-0.1, -0.05) is 0 Å². The van der Waals surface area contributed by atoms with E-state index in [0.717, 1.165) is 37.4 Å². The highest BCUT2D eigenvalue weighted by Gasteiger charge is 2.19. The summed E-state index contributed by atoms with van der Waals surface area (Å²) in [5.74, 6) is -0.160. The summed E-state index contributed by atoms with van der Waals surface area (Å²) in [6, 6.07) is 1.95. The third-order valence-corrected chi connectivity index (χ3v) is 3.45. The van der Waals surface area contributed by atoms with Crippen LogP contribution in [-0.4, -0.2) is 55.0 Å². The second-order valence-corrected chi connectivity index (χ2v) is 4.80. The Morgan fingerprint density at radius 1 is 1.25 bits per heavy atom. The molecular formula is C14H19N3O3. The lowest BCUT2D eigenvalue weighted by atomic mass is 10.2. The molecule has 1 amide bonds. The highest BCUT2D eigenvalue weighted by Crippen LogP contribution is 2.17. The van der Waals surface area contributed by atoms with E-state index in [1.54, 1.807) is 19.3 Å². The monoisotopic (exact) mass is 277 g/mol. The summed E-state index contributed by atoms with van der Waals surface area (Å²) in [5.41, 5.74) is 1.82. The first-order valence-electron chi connectivity index (χ1n) is 6.61. The van der Waals surface area contributed by atoms with E-state index in [2.05, 4.69) is 14.6 Å². The predicted molar refractivity (Wildman–Crippen MR) is 74.4 cm³/mol. The molecule has 0 saturated carbocycles. The van der Waals surface area contributed by atoms with Crippen molar-refractivity contribution in [1.82, 2.24) is 9.88 Å². The maximum Gasteiger partial charge on any atom is 0.310 e. The van der Waals surface area contributed by atoms with Gasteiger partial charge in [-0.3, -0.25) is 14.6 Å². The van der Waals surface area contributed by atoms with E-state index in [1.807, 2.05) is 11.0 Å². The number of pyridine rings is 1. The number of rotatable bonds is 3. The Labute approximate surface area is 118 Å². The van der Waals surface area contributed by atoms with Crippen LogP contribution in [0.2, 0.25) is 0 Å². The lowest BCUT2D eigenvalue weighted by Gasteiger charge is -2.35. The van der Waals surface area contributed by atoms with E-state index < -0.39 is 0 Å². The van der Waals surface area contributed by atoms with Gasteiger partial charge in [-0.25, -0.2) is 0 Å². The van der Waals surface area contributed by atoms with Gasteiger partial charge in [0, 0.05) is 39.3 Å². The zero-order chi connectivity index (χ0) is 14.5. The molecule has 1 aliphatic heterocycles. The molecule has 2 heterocycles. The number of ether oxygens (including phenoxy) is 1. The molecule has 1 fully saturated rings. The van der Waals surface area contributed by atoms with Gasteiger partial charge in [0.2, 0.25) is 5.91 Å². The van der Waals surface area contributed by atoms with Crippen LogP contribution in [0.4, 0.5) is 5.69 Å². The van der Waals surface area contributed by atoms with Crippen molar-refractivity contribution in [3.05, 3.63) is 24.0 Å². The van der Waals surface area contributed by atoms with Gasteiger partial charge in [0.05, 0.1) is 25.4 Å². The summed E-state index contributed by atoms with van der Waals surface area (Å²) in [6.07, 6.45) is 3.68. The van der Waals surface area contributed by atoms with Gasteiger partial charge < -0.3 is 14.5 Å². The number of aromatic nitrogens is 1. The maximum atomic E-state index is 11.3. The van der Waals surface area contributed by atoms with Crippen LogP contribution >= 0.6 is 0 Å². The smallest absolute Gasteiger partial charge is 0.310 e. The summed E-state index contributed by atoms with van der Waals surface area (Å²) in [7, 11) is 1.38. The lowest BCUT2D eigenvalue weighted by molar-refractivity contribution is -0.139. The van der Waals surface area contributed by atoms with Gasteiger partial charge in [0.25, 0.3) is 0 Å². The number of hydrogen-bond donors (Lipinski definition) is 0. The average Bonchev–Trinajstić information content (AvgIpc) is 2.47. The Bertz CT molecular complexity index is 496. The highest BCUT2D eigenvalue weighted by atomic mass is 16.5. The molecule has 0 unspecified atom stereocenters. The van der Waals surface area contributed by atoms with Crippen molar-refractivity contribution in [3.63, 3.8) is 0 Å². The zero-order valence-electron chi connectivity index (χ0n) is 11.8. The van der Waals surface area contributed by atoms with Crippen LogP contribution in [-0.2, 0) is 20.7 Å². The molecule has 0 N–H and O–H groups in total. The third kappa shape index (κ3) is 3.46. The summed E-state index contributed by atoms with van der Waals surface area (Å²) in [4.78, 5) is 30.8. The van der Waals surface area contributed by atoms with Gasteiger partial charge in [-0.2, -0.15) is 0 Å². The zero-order valence-corrected chi connectivity index (χ0v) is 11.8. The predicted octanol–water partition coefficient (Wildman–Crippen LogP) is 0.466. The fraction of sp³-hybridized carbons (Fsp3) is 0.500. The van der Waals surface area contributed by atoms with E-state index in [1.165, 1.54) is 7.11 Å². The molecule has 6 heteroatoms. The second-order valence-electron chi connectivity index (χ2n) is 4.80. The minimum Gasteiger partial charge on any atom is -0.469 e. The Balaban J connectivity index is 2.01. The Morgan fingerprint density at radius 3 is 2.55 bits per heavy atom. The normalized spacial score (nSPS) is 15.1. The Kier molecular flexibility index (Phi) is 4.55. The minimum atomic E-state index is -0.273. The number of nitrogens with zero attached hydrogens (tertiary/aromatic N) is 3. The molecule has 1 aromatic rings. The van der Waals surface area contributed by atoms with Crippen molar-refractivity contribution in [2.45, 2.75) is 13.3 Å². The number of anilines is 1. The Hall–Kier alpha value is -2.11. The first-order chi connectivity index (χ1) is 9.60. The molecule has 108 valence electrons. The molecule has 0 spiro atoms. The van der Waals surface area contributed by atoms with Gasteiger partial charge in [-0.05, 0) is 11.6 Å². The lowest BCUT2D eigenvalue weighted by Crippen LogP contribution is -2.48. The van der Waals surface area contributed by atoms with E-state index in [9.17, 15) is 9.59 Å². The largest absolute Gasteiger partial charge is 0.469 e. The van der Waals surface area contributed by atoms with Crippen molar-refractivity contribution in [3.8, 4) is 0 Å². The average molecular weight is 277 g/mol. The summed E-state index contributed by atoms with van der Waals surface area (Å²) in [6.45, 7) is 4.59. The van der Waals surface area contributed by atoms with Gasteiger partial charge in [-0.15, -0.1) is 0 Å². The van der Waals surface area contributed by atoms with Crippen molar-refractivity contribution >= 4 is 17.6 Å². The number of carbonyl (C=O) groups excluding carboxylic acids is 2. The van der Waals surface area contributed by atoms with Crippen molar-refractivity contribution < 1.29 is 14.3 Å². The van der Waals surface area contributed by atoms with Gasteiger partial charge in [0.15, 0.2) is 0 Å². The SMILES string of the molecule is COC(=O)Cc1cncc(N2CCN(C(C)=O)CC2)c1. The van der Waals surface area contributed by atoms with Gasteiger partial charge in [0.1, 0.15) is 0 Å². The fourth-order valence-electron chi connectivity index (χ4n) is 2.26. The molecule has 1 aliphatic rings. The van der Waals surface area contributed by atoms with Crippen molar-refractivity contribution in [2.75, 3.05) is 38.2 Å². The first kappa shape index (κ1) is 14.3. The summed E-state index contributed by atoms with van der Waals surface area (Å²) < 4.78 is 4.66. The summed E-state index contributed by atoms with van der Waals surface area (Å²) >= 11 is 0. The van der Waals surface area contributed by atoms with E-state index >= 15 is 0 Å². The highest BCUT2D eigenvalue weighted by molar-refractivity contribution is 5.74. The topological polar surface area (TPSA) is 62.7 Å². The number of methoxy groups -OCH3 is 1. The number of esters is 1. The standard InChI is InChI=1S/C14H19N3O3/c1-11(18)16-3-5-17(6-4-16)13-7-12(9-15-10-13)8-14(19)20-2/h7,9-10H,3-6,8H2,1-2H3. The fourth-order valence-corrected chi connectivity index (χ4v) is 2.26. The molecule has 0 aromatic carbocycles. The molecule has 0 bridgehead atoms. The minimum absolute atomic E-state index is 0.113. The van der Waals surface area contributed by atoms with Crippen molar-refractivity contribution in [1.29, 1.82) is 0 Å². The van der Waals surface area contributed by atoms with Gasteiger partial charge >= 0.3 is 5.97 Å². The molecule has 0 aliphatic carbocycles. The van der Waals surface area contributed by atoms with Crippen LogP contribution in [0.25, 0.3) is 0 Å². The van der Waals surface area contributed by atoms with Crippen LogP contribution in [0.1, 0.15) is 12.5 Å². The number of hydrogen-bond acceptors (Lipinski definition) is 5. The second kappa shape index (κ2) is 6.36. The quantitative estimate of drug-likeness (QED) is 0.751. The number of amides is 1. The van der Waals surface area contributed by atoms with Crippen LogP contribution < -0.4 is 4.90 Å². The van der Waals surface area contributed by atoms with E-state index in [0.29, 0.717) is 0 Å². The molecule has 2 rings (SSSR count). The molecular weight excluding hydrogens is 258 g/mol. The third-order valence-electron chi connectivity index (χ3n) is 3.45. The molecule has 6 nitrogen and oxygen atoms in total. The molecule has 0 atom stereocenters. The molecule has 1 saturated heterocycles. The van der Waals surface area contributed by atoms with Crippen LogP contribution in [0.5, 0.6) is 0 Å². The number of carbonyl (C=O) groups is 2. The van der Waals surface area contributed by atoms with Crippen LogP contribution in [0, 0.1) is 0 Å². The first-order valence-corrected chi connectivity index (χ1v) is 6.61. The molecule has 0 radical (unpaired) electrons. The number of piperazine rings is 1. The summed E-state index contributed by atoms with van der Waals surface area (Å²) in [5, 5.41) is 0. The van der Waals surface area contributed by atoms with Crippen LogP contribution in [0.15, 0.2) is 18.5 Å².